The van der Waals surface area contributed by atoms with Crippen LogP contribution in [0.5, 0.6) is 0 Å². The van der Waals surface area contributed by atoms with E-state index in [0.29, 0.717) is 0 Å². The molecule has 0 heteroatoms. The maximum absolute atomic E-state index is 2.33. The zero-order valence-corrected chi connectivity index (χ0v) is 13.5. The van der Waals surface area contributed by atoms with E-state index in [-0.39, 0.29) is 5.41 Å². The molecule has 1 fully saturated rings. The number of rotatable bonds is 5. The molecule has 1 saturated carbocycles. The van der Waals surface area contributed by atoms with E-state index >= 15 is 0 Å². The Morgan fingerprint density at radius 1 is 0.857 bits per heavy atom. The molecule has 2 aromatic rings. The van der Waals surface area contributed by atoms with Crippen LogP contribution < -0.4 is 0 Å². The zero-order valence-electron chi connectivity index (χ0n) is 13.5. The molecule has 0 bridgehead atoms. The lowest BCUT2D eigenvalue weighted by atomic mass is 9.77. The zero-order chi connectivity index (χ0) is 14.9. The highest BCUT2D eigenvalue weighted by Crippen LogP contribution is 2.34. The Morgan fingerprint density at radius 3 is 1.90 bits per heavy atom. The van der Waals surface area contributed by atoms with Crippen LogP contribution in [-0.2, 0) is 11.8 Å². The molecule has 3 rings (SSSR count). The van der Waals surface area contributed by atoms with Gasteiger partial charge in [0.25, 0.3) is 0 Å². The van der Waals surface area contributed by atoms with Crippen molar-refractivity contribution in [2.75, 3.05) is 0 Å². The predicted molar refractivity (Wildman–Crippen MR) is 90.8 cm³/mol. The van der Waals surface area contributed by atoms with Gasteiger partial charge in [0.15, 0.2) is 0 Å². The molecule has 0 aromatic heterocycles. The van der Waals surface area contributed by atoms with Gasteiger partial charge in [-0.2, -0.15) is 0 Å². The fraction of sp³-hybridized carbons (Fsp3) is 0.429. The minimum Gasteiger partial charge on any atom is -0.0590 e. The van der Waals surface area contributed by atoms with E-state index < -0.39 is 0 Å². The molecule has 0 nitrogen and oxygen atoms in total. The van der Waals surface area contributed by atoms with Crippen molar-refractivity contribution in [1.29, 1.82) is 0 Å². The lowest BCUT2D eigenvalue weighted by molar-refractivity contribution is 0.639. The molecule has 1 aliphatic rings. The predicted octanol–water partition coefficient (Wildman–Crippen LogP) is 5.66. The summed E-state index contributed by atoms with van der Waals surface area (Å²) in [6.07, 6.45) is 5.54. The van der Waals surface area contributed by atoms with E-state index in [0.717, 1.165) is 5.92 Å². The van der Waals surface area contributed by atoms with Crippen molar-refractivity contribution in [3.63, 3.8) is 0 Å². The second-order valence-electron chi connectivity index (χ2n) is 7.17. The van der Waals surface area contributed by atoms with Gasteiger partial charge in [-0.05, 0) is 42.4 Å². The lowest BCUT2D eigenvalue weighted by Gasteiger charge is -2.26. The first-order chi connectivity index (χ1) is 10.1. The fourth-order valence-corrected chi connectivity index (χ4v) is 3.00. The Morgan fingerprint density at radius 2 is 1.38 bits per heavy atom. The summed E-state index contributed by atoms with van der Waals surface area (Å²) in [5, 5.41) is 0. The van der Waals surface area contributed by atoms with Crippen LogP contribution >= 0.6 is 0 Å². The van der Waals surface area contributed by atoms with Gasteiger partial charge in [-0.25, -0.2) is 0 Å². The van der Waals surface area contributed by atoms with E-state index in [4.69, 9.17) is 0 Å². The van der Waals surface area contributed by atoms with E-state index in [1.165, 1.54) is 47.9 Å². The van der Waals surface area contributed by atoms with Gasteiger partial charge in [-0.1, -0.05) is 80.8 Å². The fourth-order valence-electron chi connectivity index (χ4n) is 3.00. The summed E-state index contributed by atoms with van der Waals surface area (Å²) >= 11 is 0. The average molecular weight is 278 g/mol. The van der Waals surface area contributed by atoms with E-state index in [2.05, 4.69) is 69.3 Å². The summed E-state index contributed by atoms with van der Waals surface area (Å²) in [6, 6.07) is 18.2. The van der Waals surface area contributed by atoms with Crippen LogP contribution in [0.15, 0.2) is 48.5 Å². The van der Waals surface area contributed by atoms with Crippen LogP contribution in [0, 0.1) is 12.8 Å². The molecule has 1 aliphatic carbocycles. The molecule has 110 valence electrons. The van der Waals surface area contributed by atoms with Crippen molar-refractivity contribution in [3.8, 4) is 0 Å². The highest BCUT2D eigenvalue weighted by molar-refractivity contribution is 5.39. The van der Waals surface area contributed by atoms with E-state index in [9.17, 15) is 0 Å². The van der Waals surface area contributed by atoms with Crippen molar-refractivity contribution in [3.05, 3.63) is 70.8 Å². The van der Waals surface area contributed by atoms with E-state index in [1.807, 2.05) is 0 Å². The maximum Gasteiger partial charge on any atom is 0.0146 e. The largest absolute Gasteiger partial charge is 0.0590 e. The van der Waals surface area contributed by atoms with Crippen LogP contribution in [0.25, 0.3) is 0 Å². The maximum atomic E-state index is 2.33. The third kappa shape index (κ3) is 3.37. The van der Waals surface area contributed by atoms with Crippen LogP contribution in [0.4, 0.5) is 0 Å². The van der Waals surface area contributed by atoms with Gasteiger partial charge in [0.05, 0.1) is 0 Å². The smallest absolute Gasteiger partial charge is 0.0146 e. The molecular weight excluding hydrogens is 252 g/mol. The van der Waals surface area contributed by atoms with Gasteiger partial charge in [-0.3, -0.25) is 0 Å². The monoisotopic (exact) mass is 278 g/mol. The second-order valence-corrected chi connectivity index (χ2v) is 7.17. The molecule has 0 unspecified atom stereocenters. The Labute approximate surface area is 129 Å². The minimum atomic E-state index is 0.0721. The van der Waals surface area contributed by atoms with Crippen molar-refractivity contribution in [2.45, 2.75) is 51.9 Å². The molecule has 0 amide bonds. The van der Waals surface area contributed by atoms with Crippen molar-refractivity contribution in [2.24, 2.45) is 5.92 Å². The van der Waals surface area contributed by atoms with Crippen molar-refractivity contribution >= 4 is 0 Å². The molecule has 0 atom stereocenters. The first-order valence-electron chi connectivity index (χ1n) is 8.22. The van der Waals surface area contributed by atoms with Gasteiger partial charge >= 0.3 is 0 Å². The number of hydrogen-bond acceptors (Lipinski definition) is 0. The first-order valence-corrected chi connectivity index (χ1v) is 8.22. The third-order valence-corrected chi connectivity index (χ3v) is 4.99. The summed E-state index contributed by atoms with van der Waals surface area (Å²) < 4.78 is 0. The van der Waals surface area contributed by atoms with Gasteiger partial charge in [0.1, 0.15) is 0 Å². The van der Waals surface area contributed by atoms with Crippen molar-refractivity contribution < 1.29 is 0 Å². The van der Waals surface area contributed by atoms with Crippen LogP contribution in [0.1, 0.15) is 55.4 Å². The standard InChI is InChI=1S/C21H26/c1-16-4-12-19(13-5-16)21(2,3)20-14-10-18(11-15-20)9-8-17-6-7-17/h4-5,10-15,17H,6-9H2,1-3H3. The molecular formula is C21H26. The van der Waals surface area contributed by atoms with Crippen LogP contribution in [0.2, 0.25) is 0 Å². The topological polar surface area (TPSA) is 0 Å². The Hall–Kier alpha value is -1.56. The minimum absolute atomic E-state index is 0.0721. The lowest BCUT2D eigenvalue weighted by Crippen LogP contribution is -2.18. The quantitative estimate of drug-likeness (QED) is 0.661. The Bertz CT molecular complexity index is 583. The Balaban J connectivity index is 1.76. The normalized spacial score (nSPS) is 15.2. The molecule has 0 aliphatic heterocycles. The SMILES string of the molecule is Cc1ccc(C(C)(C)c2ccc(CCC3CC3)cc2)cc1. The molecule has 2 aromatic carbocycles. The molecule has 21 heavy (non-hydrogen) atoms. The van der Waals surface area contributed by atoms with Crippen molar-refractivity contribution in [1.82, 2.24) is 0 Å². The Kier molecular flexibility index (Phi) is 3.89. The summed E-state index contributed by atoms with van der Waals surface area (Å²) in [5.74, 6) is 1.02. The first kappa shape index (κ1) is 14.4. The number of aryl methyl sites for hydroxylation is 2. The summed E-state index contributed by atoms with van der Waals surface area (Å²) in [7, 11) is 0. The summed E-state index contributed by atoms with van der Waals surface area (Å²) in [4.78, 5) is 0. The average Bonchev–Trinajstić information content (AvgIpc) is 3.30. The highest BCUT2D eigenvalue weighted by Gasteiger charge is 2.23. The highest BCUT2D eigenvalue weighted by atomic mass is 14.3. The third-order valence-electron chi connectivity index (χ3n) is 4.99. The van der Waals surface area contributed by atoms with Crippen LogP contribution in [0.3, 0.4) is 0 Å². The molecule has 0 N–H and O–H groups in total. The summed E-state index contributed by atoms with van der Waals surface area (Å²) in [5.41, 5.74) is 5.68. The van der Waals surface area contributed by atoms with Crippen LogP contribution in [-0.4, -0.2) is 0 Å². The number of hydrogen-bond donors (Lipinski definition) is 0. The molecule has 0 spiro atoms. The molecule has 0 heterocycles. The van der Waals surface area contributed by atoms with Gasteiger partial charge in [0, 0.05) is 5.41 Å². The van der Waals surface area contributed by atoms with Gasteiger partial charge < -0.3 is 0 Å². The van der Waals surface area contributed by atoms with Gasteiger partial charge in [0.2, 0.25) is 0 Å². The second kappa shape index (κ2) is 5.67. The molecule has 0 saturated heterocycles. The van der Waals surface area contributed by atoms with Gasteiger partial charge in [-0.15, -0.1) is 0 Å². The summed E-state index contributed by atoms with van der Waals surface area (Å²) in [6.45, 7) is 6.78. The number of benzene rings is 2. The van der Waals surface area contributed by atoms with E-state index in [1.54, 1.807) is 0 Å². The molecule has 0 radical (unpaired) electrons.